The second-order valence-corrected chi connectivity index (χ2v) is 4.80. The maximum absolute atomic E-state index is 5.33. The monoisotopic (exact) mass is 256 g/mol. The normalized spacial score (nSPS) is 10.5. The highest BCUT2D eigenvalue weighted by Crippen LogP contribution is 2.15. The van der Waals surface area contributed by atoms with Crippen LogP contribution in [-0.4, -0.2) is 4.98 Å². The van der Waals surface area contributed by atoms with E-state index >= 15 is 0 Å². The Morgan fingerprint density at radius 1 is 1.05 bits per heavy atom. The van der Waals surface area contributed by atoms with Crippen LogP contribution in [0.5, 0.6) is 0 Å². The fourth-order valence-electron chi connectivity index (χ4n) is 1.83. The molecule has 19 heavy (non-hydrogen) atoms. The summed E-state index contributed by atoms with van der Waals surface area (Å²) in [5, 5.41) is 3.28. The van der Waals surface area contributed by atoms with Gasteiger partial charge in [-0.1, -0.05) is 44.2 Å². The molecule has 0 aliphatic heterocycles. The summed E-state index contributed by atoms with van der Waals surface area (Å²) in [4.78, 5) is 4.30. The number of aromatic nitrogens is 1. The Morgan fingerprint density at radius 3 is 2.37 bits per heavy atom. The number of nitrogen functional groups attached to an aromatic ring is 1. The van der Waals surface area contributed by atoms with Crippen LogP contribution >= 0.6 is 0 Å². The number of hydrogen-bond donors (Lipinski definition) is 3. The van der Waals surface area contributed by atoms with Gasteiger partial charge in [0, 0.05) is 6.54 Å². The fourth-order valence-corrected chi connectivity index (χ4v) is 1.83. The molecule has 4 N–H and O–H groups in total. The number of anilines is 2. The summed E-state index contributed by atoms with van der Waals surface area (Å²) in [5.74, 6) is 7.36. The molecule has 0 saturated carbocycles. The van der Waals surface area contributed by atoms with Gasteiger partial charge in [0.1, 0.15) is 11.6 Å². The minimum atomic E-state index is 0.566. The minimum absolute atomic E-state index is 0.566. The van der Waals surface area contributed by atoms with E-state index < -0.39 is 0 Å². The summed E-state index contributed by atoms with van der Waals surface area (Å²) < 4.78 is 0. The molecule has 0 amide bonds. The van der Waals surface area contributed by atoms with E-state index in [0.717, 1.165) is 12.4 Å². The van der Waals surface area contributed by atoms with Gasteiger partial charge in [0.25, 0.3) is 0 Å². The van der Waals surface area contributed by atoms with Crippen LogP contribution in [0, 0.1) is 0 Å². The Kier molecular flexibility index (Phi) is 4.36. The molecule has 0 bridgehead atoms. The third-order valence-corrected chi connectivity index (χ3v) is 3.02. The number of pyridine rings is 1. The summed E-state index contributed by atoms with van der Waals surface area (Å²) >= 11 is 0. The number of hydrazine groups is 1. The molecule has 0 atom stereocenters. The zero-order valence-corrected chi connectivity index (χ0v) is 11.4. The van der Waals surface area contributed by atoms with Crippen LogP contribution in [0.4, 0.5) is 11.6 Å². The number of nitrogens with one attached hydrogen (secondary N) is 2. The van der Waals surface area contributed by atoms with Gasteiger partial charge in [-0.25, -0.2) is 10.8 Å². The summed E-state index contributed by atoms with van der Waals surface area (Å²) in [6.07, 6.45) is 0. The predicted molar refractivity (Wildman–Crippen MR) is 79.9 cm³/mol. The molecule has 0 aliphatic carbocycles. The Balaban J connectivity index is 1.98. The summed E-state index contributed by atoms with van der Waals surface area (Å²) in [6.45, 7) is 5.14. The largest absolute Gasteiger partial charge is 0.366 e. The van der Waals surface area contributed by atoms with Crippen LogP contribution in [0.15, 0.2) is 42.5 Å². The van der Waals surface area contributed by atoms with Crippen LogP contribution in [-0.2, 0) is 6.54 Å². The van der Waals surface area contributed by atoms with Gasteiger partial charge in [0.2, 0.25) is 0 Å². The average molecular weight is 256 g/mol. The van der Waals surface area contributed by atoms with E-state index in [1.807, 2.05) is 18.2 Å². The Labute approximate surface area is 114 Å². The second kappa shape index (κ2) is 6.20. The molecule has 0 fully saturated rings. The topological polar surface area (TPSA) is 63.0 Å². The standard InChI is InChI=1S/C15H20N4/c1-11(2)13-8-6-12(7-9-13)10-17-14-4-3-5-15(18-14)19-16/h3-9,11H,10,16H2,1-2H3,(H2,17,18,19). The molecule has 1 aromatic carbocycles. The van der Waals surface area contributed by atoms with Crippen molar-refractivity contribution in [1.82, 2.24) is 4.98 Å². The molecule has 1 heterocycles. The minimum Gasteiger partial charge on any atom is -0.366 e. The first-order valence-corrected chi connectivity index (χ1v) is 6.45. The van der Waals surface area contributed by atoms with Gasteiger partial charge in [-0.15, -0.1) is 0 Å². The van der Waals surface area contributed by atoms with Gasteiger partial charge in [-0.3, -0.25) is 0 Å². The van der Waals surface area contributed by atoms with Gasteiger partial charge >= 0.3 is 0 Å². The van der Waals surface area contributed by atoms with Crippen molar-refractivity contribution in [2.75, 3.05) is 10.7 Å². The second-order valence-electron chi connectivity index (χ2n) is 4.80. The van der Waals surface area contributed by atoms with Crippen molar-refractivity contribution >= 4 is 11.6 Å². The molecule has 4 nitrogen and oxygen atoms in total. The van der Waals surface area contributed by atoms with Crippen LogP contribution in [0.1, 0.15) is 30.9 Å². The van der Waals surface area contributed by atoms with E-state index in [1.54, 1.807) is 0 Å². The summed E-state index contributed by atoms with van der Waals surface area (Å²) in [6, 6.07) is 14.3. The molecular formula is C15H20N4. The SMILES string of the molecule is CC(C)c1ccc(CNc2cccc(NN)n2)cc1. The van der Waals surface area contributed by atoms with Crippen molar-refractivity contribution in [3.05, 3.63) is 53.6 Å². The van der Waals surface area contributed by atoms with Crippen molar-refractivity contribution < 1.29 is 0 Å². The van der Waals surface area contributed by atoms with E-state index in [4.69, 9.17) is 5.84 Å². The predicted octanol–water partition coefficient (Wildman–Crippen LogP) is 3.10. The smallest absolute Gasteiger partial charge is 0.142 e. The van der Waals surface area contributed by atoms with Crippen LogP contribution < -0.4 is 16.6 Å². The van der Waals surface area contributed by atoms with Crippen molar-refractivity contribution in [3.63, 3.8) is 0 Å². The molecule has 0 unspecified atom stereocenters. The number of benzene rings is 1. The van der Waals surface area contributed by atoms with Gasteiger partial charge in [-0.05, 0) is 29.2 Å². The lowest BCUT2D eigenvalue weighted by Crippen LogP contribution is -2.09. The molecule has 0 aliphatic rings. The van der Waals surface area contributed by atoms with E-state index in [1.165, 1.54) is 11.1 Å². The number of nitrogens with two attached hydrogens (primary N) is 1. The molecule has 100 valence electrons. The molecule has 1 aromatic heterocycles. The third-order valence-electron chi connectivity index (χ3n) is 3.02. The van der Waals surface area contributed by atoms with Crippen molar-refractivity contribution in [1.29, 1.82) is 0 Å². The lowest BCUT2D eigenvalue weighted by molar-refractivity contribution is 0.865. The molecule has 0 radical (unpaired) electrons. The highest BCUT2D eigenvalue weighted by Gasteiger charge is 2.00. The first-order chi connectivity index (χ1) is 9.19. The molecule has 0 spiro atoms. The van der Waals surface area contributed by atoms with E-state index in [0.29, 0.717) is 11.7 Å². The number of hydrogen-bond acceptors (Lipinski definition) is 4. The zero-order valence-electron chi connectivity index (χ0n) is 11.4. The number of rotatable bonds is 5. The van der Waals surface area contributed by atoms with Gasteiger partial charge in [0.05, 0.1) is 0 Å². The average Bonchev–Trinajstić information content (AvgIpc) is 2.46. The van der Waals surface area contributed by atoms with E-state index in [9.17, 15) is 0 Å². The maximum Gasteiger partial charge on any atom is 0.142 e. The van der Waals surface area contributed by atoms with E-state index in [2.05, 4.69) is 53.8 Å². The lowest BCUT2D eigenvalue weighted by atomic mass is 10.0. The number of nitrogens with zero attached hydrogens (tertiary/aromatic N) is 1. The first-order valence-electron chi connectivity index (χ1n) is 6.45. The highest BCUT2D eigenvalue weighted by atomic mass is 15.3. The lowest BCUT2D eigenvalue weighted by Gasteiger charge is -2.09. The van der Waals surface area contributed by atoms with Crippen LogP contribution in [0.2, 0.25) is 0 Å². The Morgan fingerprint density at radius 2 is 1.74 bits per heavy atom. The molecule has 4 heteroatoms. The van der Waals surface area contributed by atoms with Gasteiger partial charge in [-0.2, -0.15) is 0 Å². The highest BCUT2D eigenvalue weighted by molar-refractivity contribution is 5.44. The zero-order chi connectivity index (χ0) is 13.7. The van der Waals surface area contributed by atoms with Crippen molar-refractivity contribution in [3.8, 4) is 0 Å². The molecular weight excluding hydrogens is 236 g/mol. The third kappa shape index (κ3) is 3.69. The van der Waals surface area contributed by atoms with Crippen molar-refractivity contribution in [2.45, 2.75) is 26.3 Å². The van der Waals surface area contributed by atoms with Crippen molar-refractivity contribution in [2.24, 2.45) is 5.84 Å². The summed E-state index contributed by atoms with van der Waals surface area (Å²) in [7, 11) is 0. The molecule has 0 saturated heterocycles. The Bertz CT molecular complexity index is 520. The van der Waals surface area contributed by atoms with E-state index in [-0.39, 0.29) is 0 Å². The van der Waals surface area contributed by atoms with Crippen LogP contribution in [0.3, 0.4) is 0 Å². The van der Waals surface area contributed by atoms with Crippen LogP contribution in [0.25, 0.3) is 0 Å². The molecule has 2 rings (SSSR count). The molecule has 2 aromatic rings. The Hall–Kier alpha value is -2.07. The first kappa shape index (κ1) is 13.4. The quantitative estimate of drug-likeness (QED) is 0.568. The maximum atomic E-state index is 5.33. The fraction of sp³-hybridized carbons (Fsp3) is 0.267. The van der Waals surface area contributed by atoms with Gasteiger partial charge in [0.15, 0.2) is 0 Å². The summed E-state index contributed by atoms with van der Waals surface area (Å²) in [5.41, 5.74) is 5.13. The van der Waals surface area contributed by atoms with Gasteiger partial charge < -0.3 is 10.7 Å².